The molecule has 0 saturated heterocycles. The molecule has 1 amide bonds. The van der Waals surface area contributed by atoms with E-state index in [2.05, 4.69) is 55.6 Å². The molecule has 0 aromatic rings. The second kappa shape index (κ2) is 43.8. The smallest absolute Gasteiger partial charge is 0.305 e. The summed E-state index contributed by atoms with van der Waals surface area (Å²) in [7, 11) is 0. The number of nitrogens with one attached hydrogen (secondary N) is 1. The van der Waals surface area contributed by atoms with Crippen LogP contribution in [-0.4, -0.2) is 47.4 Å². The second-order valence-electron chi connectivity index (χ2n) is 15.7. The molecule has 2 unspecified atom stereocenters. The molecule has 316 valence electrons. The molecule has 0 bridgehead atoms. The first-order valence-electron chi connectivity index (χ1n) is 23.2. The maximum absolute atomic E-state index is 12.4. The molecule has 0 aliphatic carbocycles. The molecule has 0 aromatic heterocycles. The Morgan fingerprint density at radius 1 is 0.519 bits per heavy atom. The molecule has 0 radical (unpaired) electrons. The molecule has 0 saturated carbocycles. The Morgan fingerprint density at radius 3 is 1.44 bits per heavy atom. The topological polar surface area (TPSA) is 95.9 Å². The fourth-order valence-corrected chi connectivity index (χ4v) is 6.78. The van der Waals surface area contributed by atoms with Crippen molar-refractivity contribution in [1.29, 1.82) is 0 Å². The van der Waals surface area contributed by atoms with E-state index in [4.69, 9.17) is 4.74 Å². The van der Waals surface area contributed by atoms with E-state index in [1.54, 1.807) is 0 Å². The summed E-state index contributed by atoms with van der Waals surface area (Å²) in [5, 5.41) is 23.0. The standard InChI is InChI=1S/C48H89NO5/c1-3-5-7-9-11-13-14-15-16-17-18-22-26-30-34-38-42-48(53)54-43-39-35-31-27-23-20-19-21-25-29-33-37-41-47(52)49-45(44-50)46(51)40-36-32-28-24-12-10-8-6-4-2/h13-14,16-17,20,23,45-46,50-51H,3-12,15,18-19,21-22,24-44H2,1-2H3,(H,49,52)/b14-13-,17-16-,23-20-. The first kappa shape index (κ1) is 52.1. The number of hydrogen-bond acceptors (Lipinski definition) is 5. The Morgan fingerprint density at radius 2 is 0.926 bits per heavy atom. The maximum atomic E-state index is 12.4. The van der Waals surface area contributed by atoms with Crippen molar-refractivity contribution in [3.05, 3.63) is 36.5 Å². The van der Waals surface area contributed by atoms with E-state index >= 15 is 0 Å². The third-order valence-electron chi connectivity index (χ3n) is 10.4. The predicted molar refractivity (Wildman–Crippen MR) is 232 cm³/mol. The summed E-state index contributed by atoms with van der Waals surface area (Å²) >= 11 is 0. The number of hydrogen-bond donors (Lipinski definition) is 3. The minimum Gasteiger partial charge on any atom is -0.466 e. The number of aliphatic hydroxyl groups is 2. The molecule has 0 heterocycles. The van der Waals surface area contributed by atoms with Crippen LogP contribution in [0.5, 0.6) is 0 Å². The Labute approximate surface area is 334 Å². The molecule has 0 rings (SSSR count). The molecule has 6 nitrogen and oxygen atoms in total. The molecule has 6 heteroatoms. The summed E-state index contributed by atoms with van der Waals surface area (Å²) in [4.78, 5) is 24.4. The van der Waals surface area contributed by atoms with E-state index in [1.807, 2.05) is 0 Å². The number of ether oxygens (including phenoxy) is 1. The highest BCUT2D eigenvalue weighted by atomic mass is 16.5. The summed E-state index contributed by atoms with van der Waals surface area (Å²) in [6.45, 7) is 4.83. The first-order valence-corrected chi connectivity index (χ1v) is 23.2. The highest BCUT2D eigenvalue weighted by molar-refractivity contribution is 5.76. The van der Waals surface area contributed by atoms with Crippen LogP contribution in [0.1, 0.15) is 232 Å². The molecular weight excluding hydrogens is 671 g/mol. The SMILES string of the molecule is CCCCCC/C=C\C/C=C\CCCCCCCC(=O)OCCCCC/C=C\CCCCCCCC(=O)NC(CO)C(O)CCCCCCCCCCC. The molecule has 0 aromatic carbocycles. The van der Waals surface area contributed by atoms with Gasteiger partial charge in [-0.1, -0.05) is 166 Å². The highest BCUT2D eigenvalue weighted by Gasteiger charge is 2.20. The lowest BCUT2D eigenvalue weighted by Gasteiger charge is -2.22. The third-order valence-corrected chi connectivity index (χ3v) is 10.4. The van der Waals surface area contributed by atoms with Gasteiger partial charge in [0.1, 0.15) is 0 Å². The lowest BCUT2D eigenvalue weighted by Crippen LogP contribution is -2.45. The van der Waals surface area contributed by atoms with Crippen LogP contribution >= 0.6 is 0 Å². The Hall–Kier alpha value is -1.92. The van der Waals surface area contributed by atoms with Gasteiger partial charge in [-0.2, -0.15) is 0 Å². The zero-order chi connectivity index (χ0) is 39.4. The van der Waals surface area contributed by atoms with E-state index in [0.717, 1.165) is 89.9 Å². The van der Waals surface area contributed by atoms with Crippen molar-refractivity contribution >= 4 is 11.9 Å². The monoisotopic (exact) mass is 760 g/mol. The van der Waals surface area contributed by atoms with Crippen LogP contribution in [0.15, 0.2) is 36.5 Å². The van der Waals surface area contributed by atoms with Crippen LogP contribution < -0.4 is 5.32 Å². The summed E-state index contributed by atoms with van der Waals surface area (Å²) in [5.41, 5.74) is 0. The normalized spacial score (nSPS) is 13.0. The van der Waals surface area contributed by atoms with E-state index in [-0.39, 0.29) is 18.5 Å². The number of unbranched alkanes of at least 4 members (excludes halogenated alkanes) is 25. The van der Waals surface area contributed by atoms with Crippen molar-refractivity contribution in [3.8, 4) is 0 Å². The molecule has 0 spiro atoms. The Kier molecular flexibility index (Phi) is 42.2. The second-order valence-corrected chi connectivity index (χ2v) is 15.7. The molecular formula is C48H89NO5. The molecule has 3 N–H and O–H groups in total. The van der Waals surface area contributed by atoms with Gasteiger partial charge in [0.25, 0.3) is 0 Å². The predicted octanol–water partition coefficient (Wildman–Crippen LogP) is 13.3. The molecule has 54 heavy (non-hydrogen) atoms. The number of carbonyl (C=O) groups excluding carboxylic acids is 2. The van der Waals surface area contributed by atoms with Crippen LogP contribution in [0, 0.1) is 0 Å². The van der Waals surface area contributed by atoms with Gasteiger partial charge in [-0.3, -0.25) is 9.59 Å². The van der Waals surface area contributed by atoms with Gasteiger partial charge >= 0.3 is 5.97 Å². The van der Waals surface area contributed by atoms with Crippen LogP contribution in [-0.2, 0) is 14.3 Å². The minimum absolute atomic E-state index is 0.0375. The van der Waals surface area contributed by atoms with Crippen molar-refractivity contribution in [2.24, 2.45) is 0 Å². The van der Waals surface area contributed by atoms with Gasteiger partial charge in [0.15, 0.2) is 0 Å². The minimum atomic E-state index is -0.679. The van der Waals surface area contributed by atoms with E-state index in [0.29, 0.717) is 25.9 Å². The highest BCUT2D eigenvalue weighted by Crippen LogP contribution is 2.14. The van der Waals surface area contributed by atoms with Gasteiger partial charge in [0.2, 0.25) is 5.91 Å². The zero-order valence-electron chi connectivity index (χ0n) is 35.7. The van der Waals surface area contributed by atoms with Gasteiger partial charge in [-0.15, -0.1) is 0 Å². The van der Waals surface area contributed by atoms with Gasteiger partial charge in [0, 0.05) is 12.8 Å². The van der Waals surface area contributed by atoms with E-state index in [9.17, 15) is 19.8 Å². The maximum Gasteiger partial charge on any atom is 0.305 e. The van der Waals surface area contributed by atoms with Gasteiger partial charge < -0.3 is 20.3 Å². The molecule has 0 fully saturated rings. The lowest BCUT2D eigenvalue weighted by molar-refractivity contribution is -0.143. The van der Waals surface area contributed by atoms with Gasteiger partial charge in [-0.25, -0.2) is 0 Å². The summed E-state index contributed by atoms with van der Waals surface area (Å²) < 4.78 is 5.43. The van der Waals surface area contributed by atoms with Crippen LogP contribution in [0.3, 0.4) is 0 Å². The first-order chi connectivity index (χ1) is 26.5. The van der Waals surface area contributed by atoms with Crippen molar-refractivity contribution in [2.45, 2.75) is 244 Å². The van der Waals surface area contributed by atoms with Gasteiger partial charge in [-0.05, 0) is 89.9 Å². The fraction of sp³-hybridized carbons (Fsp3) is 0.833. The summed E-state index contributed by atoms with van der Waals surface area (Å²) in [6, 6.07) is -0.559. The van der Waals surface area contributed by atoms with Gasteiger partial charge in [0.05, 0.1) is 25.4 Å². The van der Waals surface area contributed by atoms with Crippen molar-refractivity contribution in [2.75, 3.05) is 13.2 Å². The van der Waals surface area contributed by atoms with E-state index < -0.39 is 12.1 Å². The Balaban J connectivity index is 3.51. The number of rotatable bonds is 42. The average molecular weight is 760 g/mol. The lowest BCUT2D eigenvalue weighted by atomic mass is 10.0. The summed E-state index contributed by atoms with van der Waals surface area (Å²) in [6.07, 6.45) is 51.0. The van der Waals surface area contributed by atoms with Crippen molar-refractivity contribution < 1.29 is 24.5 Å². The van der Waals surface area contributed by atoms with Crippen molar-refractivity contribution in [3.63, 3.8) is 0 Å². The van der Waals surface area contributed by atoms with Crippen molar-refractivity contribution in [1.82, 2.24) is 5.32 Å². The largest absolute Gasteiger partial charge is 0.466 e. The zero-order valence-corrected chi connectivity index (χ0v) is 35.7. The number of esters is 1. The van der Waals surface area contributed by atoms with Crippen LogP contribution in [0.2, 0.25) is 0 Å². The fourth-order valence-electron chi connectivity index (χ4n) is 6.78. The quantitative estimate of drug-likeness (QED) is 0.0327. The average Bonchev–Trinajstić information content (AvgIpc) is 3.17. The Bertz CT molecular complexity index is 884. The number of allylic oxidation sites excluding steroid dienone is 6. The number of amides is 1. The molecule has 0 aliphatic rings. The molecule has 2 atom stereocenters. The van der Waals surface area contributed by atoms with Crippen LogP contribution in [0.25, 0.3) is 0 Å². The number of aliphatic hydroxyl groups excluding tert-OH is 2. The molecule has 0 aliphatic heterocycles. The summed E-state index contributed by atoms with van der Waals surface area (Å²) in [5.74, 6) is -0.103. The third kappa shape index (κ3) is 39.8. The number of carbonyl (C=O) groups is 2. The van der Waals surface area contributed by atoms with E-state index in [1.165, 1.54) is 109 Å². The van der Waals surface area contributed by atoms with Crippen LogP contribution in [0.4, 0.5) is 0 Å².